The third kappa shape index (κ3) is 3.25. The van der Waals surface area contributed by atoms with Crippen molar-refractivity contribution in [1.82, 2.24) is 4.90 Å². The highest BCUT2D eigenvalue weighted by Gasteiger charge is 2.19. The third-order valence-corrected chi connectivity index (χ3v) is 3.68. The van der Waals surface area contributed by atoms with Gasteiger partial charge < -0.3 is 4.90 Å². The van der Waals surface area contributed by atoms with Crippen LogP contribution in [-0.4, -0.2) is 24.5 Å². The zero-order valence-corrected chi connectivity index (χ0v) is 10.3. The quantitative estimate of drug-likeness (QED) is 0.782. The summed E-state index contributed by atoms with van der Waals surface area (Å²) < 4.78 is 26.3. The van der Waals surface area contributed by atoms with Crippen molar-refractivity contribution in [2.75, 3.05) is 19.6 Å². The fourth-order valence-electron chi connectivity index (χ4n) is 2.51. The van der Waals surface area contributed by atoms with Crippen molar-refractivity contribution in [2.24, 2.45) is 5.92 Å². The predicted molar refractivity (Wildman–Crippen MR) is 64.9 cm³/mol. The first-order chi connectivity index (χ1) is 8.19. The Morgan fingerprint density at radius 2 is 1.94 bits per heavy atom. The van der Waals surface area contributed by atoms with Crippen LogP contribution in [-0.2, 0) is 6.42 Å². The highest BCUT2D eigenvalue weighted by atomic mass is 19.1. The van der Waals surface area contributed by atoms with E-state index in [4.69, 9.17) is 0 Å². The molecule has 0 bridgehead atoms. The molecule has 1 nitrogen and oxygen atoms in total. The number of nitrogens with zero attached hydrogens (tertiary/aromatic N) is 1. The van der Waals surface area contributed by atoms with E-state index < -0.39 is 11.6 Å². The number of likely N-dealkylation sites (tertiary alicyclic amines) is 1. The number of rotatable bonds is 3. The number of benzene rings is 1. The van der Waals surface area contributed by atoms with Crippen LogP contribution in [0.2, 0.25) is 0 Å². The van der Waals surface area contributed by atoms with Crippen molar-refractivity contribution in [3.63, 3.8) is 0 Å². The molecule has 0 saturated carbocycles. The second-order valence-electron chi connectivity index (χ2n) is 4.82. The Morgan fingerprint density at radius 1 is 1.24 bits per heavy atom. The molecule has 0 amide bonds. The van der Waals surface area contributed by atoms with Crippen molar-refractivity contribution in [2.45, 2.75) is 26.2 Å². The van der Waals surface area contributed by atoms with E-state index in [-0.39, 0.29) is 0 Å². The van der Waals surface area contributed by atoms with Gasteiger partial charge in [-0.1, -0.05) is 13.0 Å². The molecule has 0 atom stereocenters. The summed E-state index contributed by atoms with van der Waals surface area (Å²) in [7, 11) is 0. The summed E-state index contributed by atoms with van der Waals surface area (Å²) in [6.07, 6.45) is 2.97. The summed E-state index contributed by atoms with van der Waals surface area (Å²) in [5.41, 5.74) is 0.654. The molecule has 1 saturated heterocycles. The lowest BCUT2D eigenvalue weighted by Gasteiger charge is -2.31. The molecule has 0 unspecified atom stereocenters. The van der Waals surface area contributed by atoms with Gasteiger partial charge in [-0.2, -0.15) is 0 Å². The first-order valence-corrected chi connectivity index (χ1v) is 6.35. The van der Waals surface area contributed by atoms with Crippen LogP contribution < -0.4 is 0 Å². The van der Waals surface area contributed by atoms with Crippen LogP contribution in [0.5, 0.6) is 0 Å². The van der Waals surface area contributed by atoms with Gasteiger partial charge in [-0.15, -0.1) is 0 Å². The largest absolute Gasteiger partial charge is 0.304 e. The minimum absolute atomic E-state index is 0.400. The summed E-state index contributed by atoms with van der Waals surface area (Å²) in [6, 6.07) is 3.91. The Hall–Kier alpha value is -0.960. The normalized spacial score (nSPS) is 18.5. The number of hydrogen-bond acceptors (Lipinski definition) is 1. The molecule has 0 N–H and O–H groups in total. The average molecular weight is 239 g/mol. The highest BCUT2D eigenvalue weighted by molar-refractivity contribution is 5.19. The molecule has 1 aromatic rings. The summed E-state index contributed by atoms with van der Waals surface area (Å²) >= 11 is 0. The van der Waals surface area contributed by atoms with E-state index in [2.05, 4.69) is 11.8 Å². The van der Waals surface area contributed by atoms with Gasteiger partial charge in [-0.3, -0.25) is 0 Å². The van der Waals surface area contributed by atoms with Gasteiger partial charge >= 0.3 is 0 Å². The van der Waals surface area contributed by atoms with Gasteiger partial charge in [0.25, 0.3) is 0 Å². The topological polar surface area (TPSA) is 3.24 Å². The highest BCUT2D eigenvalue weighted by Crippen LogP contribution is 2.23. The van der Waals surface area contributed by atoms with Crippen molar-refractivity contribution < 1.29 is 8.78 Å². The van der Waals surface area contributed by atoms with Gasteiger partial charge in [0.1, 0.15) is 11.6 Å². The molecule has 1 aliphatic rings. The van der Waals surface area contributed by atoms with Crippen LogP contribution in [0.4, 0.5) is 8.78 Å². The average Bonchev–Trinajstić information content (AvgIpc) is 2.34. The Labute approximate surface area is 101 Å². The molecule has 94 valence electrons. The summed E-state index contributed by atoms with van der Waals surface area (Å²) in [4.78, 5) is 2.41. The Kier molecular flexibility index (Phi) is 4.11. The van der Waals surface area contributed by atoms with Crippen LogP contribution in [0, 0.1) is 17.6 Å². The Morgan fingerprint density at radius 3 is 2.53 bits per heavy atom. The molecule has 0 aliphatic carbocycles. The summed E-state index contributed by atoms with van der Waals surface area (Å²) in [5.74, 6) is -0.354. The van der Waals surface area contributed by atoms with E-state index in [0.717, 1.165) is 45.0 Å². The van der Waals surface area contributed by atoms with Gasteiger partial charge in [0.2, 0.25) is 0 Å². The molecular weight excluding hydrogens is 220 g/mol. The molecule has 0 radical (unpaired) electrons. The van der Waals surface area contributed by atoms with E-state index in [1.807, 2.05) is 0 Å². The molecule has 1 aliphatic heterocycles. The lowest BCUT2D eigenvalue weighted by molar-refractivity contribution is 0.191. The van der Waals surface area contributed by atoms with E-state index in [0.29, 0.717) is 11.5 Å². The summed E-state index contributed by atoms with van der Waals surface area (Å²) in [5, 5.41) is 0. The molecule has 2 rings (SSSR count). The van der Waals surface area contributed by atoms with Crippen LogP contribution >= 0.6 is 0 Å². The fourth-order valence-corrected chi connectivity index (χ4v) is 2.51. The minimum atomic E-state index is -0.493. The smallest absolute Gasteiger partial charge is 0.129 e. The van der Waals surface area contributed by atoms with E-state index in [9.17, 15) is 8.78 Å². The predicted octanol–water partition coefficient (Wildman–Crippen LogP) is 3.24. The van der Waals surface area contributed by atoms with Crippen LogP contribution in [0.25, 0.3) is 0 Å². The maximum absolute atomic E-state index is 13.5. The molecule has 0 aromatic heterocycles. The zero-order valence-electron chi connectivity index (χ0n) is 10.3. The Balaban J connectivity index is 1.93. The van der Waals surface area contributed by atoms with Gasteiger partial charge in [-0.25, -0.2) is 8.78 Å². The maximum atomic E-state index is 13.5. The number of halogens is 2. The molecule has 3 heteroatoms. The van der Waals surface area contributed by atoms with Crippen molar-refractivity contribution in [3.8, 4) is 0 Å². The van der Waals surface area contributed by atoms with E-state index in [1.54, 1.807) is 6.07 Å². The maximum Gasteiger partial charge on any atom is 0.129 e. The lowest BCUT2D eigenvalue weighted by atomic mass is 9.90. The molecule has 1 fully saturated rings. The first-order valence-electron chi connectivity index (χ1n) is 6.35. The SMILES string of the molecule is CCN1CCC(Cc2ccc(F)cc2F)CC1. The van der Waals surface area contributed by atoms with Crippen LogP contribution in [0.3, 0.4) is 0 Å². The Bertz CT molecular complexity index is 370. The van der Waals surface area contributed by atoms with Crippen LogP contribution in [0.15, 0.2) is 18.2 Å². The van der Waals surface area contributed by atoms with Crippen molar-refractivity contribution >= 4 is 0 Å². The van der Waals surface area contributed by atoms with Crippen molar-refractivity contribution in [3.05, 3.63) is 35.4 Å². The zero-order chi connectivity index (χ0) is 12.3. The van der Waals surface area contributed by atoms with Gasteiger partial charge in [0, 0.05) is 6.07 Å². The third-order valence-electron chi connectivity index (χ3n) is 3.68. The second-order valence-corrected chi connectivity index (χ2v) is 4.82. The van der Waals surface area contributed by atoms with Crippen molar-refractivity contribution in [1.29, 1.82) is 0 Å². The van der Waals surface area contributed by atoms with E-state index >= 15 is 0 Å². The molecule has 1 aromatic carbocycles. The first kappa shape index (κ1) is 12.5. The fraction of sp³-hybridized carbons (Fsp3) is 0.571. The van der Waals surface area contributed by atoms with E-state index in [1.165, 1.54) is 6.07 Å². The minimum Gasteiger partial charge on any atom is -0.304 e. The number of hydrogen-bond donors (Lipinski definition) is 0. The molecule has 0 spiro atoms. The lowest BCUT2D eigenvalue weighted by Crippen LogP contribution is -2.34. The van der Waals surface area contributed by atoms with Gasteiger partial charge in [0.15, 0.2) is 0 Å². The summed E-state index contributed by atoms with van der Waals surface area (Å²) in [6.45, 7) is 5.46. The molecular formula is C14H19F2N. The van der Waals surface area contributed by atoms with Gasteiger partial charge in [-0.05, 0) is 56.4 Å². The molecule has 1 heterocycles. The van der Waals surface area contributed by atoms with Gasteiger partial charge in [0.05, 0.1) is 0 Å². The monoisotopic (exact) mass is 239 g/mol. The van der Waals surface area contributed by atoms with Crippen LogP contribution in [0.1, 0.15) is 25.3 Å². The molecule has 17 heavy (non-hydrogen) atoms. The second kappa shape index (κ2) is 5.58. The standard InChI is InChI=1S/C14H19F2N/c1-2-17-7-5-11(6-8-17)9-12-3-4-13(15)10-14(12)16/h3-4,10-11H,2,5-9H2,1H3. The number of piperidine rings is 1.